The van der Waals surface area contributed by atoms with E-state index in [2.05, 4.69) is 0 Å². The van der Waals surface area contributed by atoms with E-state index in [1.54, 1.807) is 12.1 Å². The predicted octanol–water partition coefficient (Wildman–Crippen LogP) is 5.31. The van der Waals surface area contributed by atoms with E-state index in [0.717, 1.165) is 28.0 Å². The third-order valence-electron chi connectivity index (χ3n) is 4.05. The lowest BCUT2D eigenvalue weighted by Gasteiger charge is -2.15. The molecule has 23 heavy (non-hydrogen) atoms. The van der Waals surface area contributed by atoms with Gasteiger partial charge in [0.05, 0.1) is 16.7 Å². The summed E-state index contributed by atoms with van der Waals surface area (Å²) in [5.74, 6) is 0.742. The van der Waals surface area contributed by atoms with Gasteiger partial charge in [-0.1, -0.05) is 60.7 Å². The summed E-state index contributed by atoms with van der Waals surface area (Å²) in [6.07, 6.45) is 0. The highest BCUT2D eigenvalue weighted by Gasteiger charge is 2.16. The van der Waals surface area contributed by atoms with Crippen LogP contribution < -0.4 is 0 Å². The van der Waals surface area contributed by atoms with Crippen molar-refractivity contribution in [3.63, 3.8) is 0 Å². The molecular formula is C21H18N2. The smallest absolute Gasteiger partial charge is 0.145 e. The second-order valence-electron chi connectivity index (χ2n) is 5.60. The summed E-state index contributed by atoms with van der Waals surface area (Å²) in [4.78, 5) is 4.80. The van der Waals surface area contributed by atoms with Crippen LogP contribution in [0.25, 0.3) is 28.1 Å². The van der Waals surface area contributed by atoms with Crippen molar-refractivity contribution in [3.8, 4) is 17.1 Å². The van der Waals surface area contributed by atoms with Crippen molar-refractivity contribution < 1.29 is 4.11 Å². The van der Waals surface area contributed by atoms with Crippen molar-refractivity contribution in [1.29, 1.82) is 0 Å². The molecule has 0 saturated heterocycles. The number of nitrogens with zero attached hydrogens (tertiary/aromatic N) is 2. The van der Waals surface area contributed by atoms with E-state index in [4.69, 9.17) is 9.10 Å². The van der Waals surface area contributed by atoms with Gasteiger partial charge in [-0.15, -0.1) is 0 Å². The molecule has 0 aliphatic carbocycles. The average Bonchev–Trinajstić information content (AvgIpc) is 3.01. The van der Waals surface area contributed by atoms with E-state index in [-0.39, 0.29) is 0 Å². The van der Waals surface area contributed by atoms with Crippen LogP contribution in [0.1, 0.15) is 15.2 Å². The molecule has 0 spiro atoms. The monoisotopic (exact) mass is 301 g/mol. The van der Waals surface area contributed by atoms with E-state index in [1.807, 2.05) is 72.2 Å². The lowest BCUT2D eigenvalue weighted by Crippen LogP contribution is -2.02. The van der Waals surface area contributed by atoms with Crippen molar-refractivity contribution >= 4 is 11.0 Å². The van der Waals surface area contributed by atoms with Gasteiger partial charge in [-0.2, -0.15) is 0 Å². The minimum Gasteiger partial charge on any atom is -0.292 e. The van der Waals surface area contributed by atoms with Crippen molar-refractivity contribution in [2.45, 2.75) is 13.8 Å². The molecule has 0 radical (unpaired) electrons. The van der Waals surface area contributed by atoms with Gasteiger partial charge in [-0.3, -0.25) is 4.57 Å². The topological polar surface area (TPSA) is 17.8 Å². The first-order valence-electron chi connectivity index (χ1n) is 9.10. The van der Waals surface area contributed by atoms with Crippen molar-refractivity contribution in [1.82, 2.24) is 9.55 Å². The lowest BCUT2D eigenvalue weighted by atomic mass is 10.1. The van der Waals surface area contributed by atoms with Crippen LogP contribution >= 0.6 is 0 Å². The van der Waals surface area contributed by atoms with Crippen LogP contribution in [0.3, 0.4) is 0 Å². The molecule has 2 heteroatoms. The molecule has 0 amide bonds. The molecule has 0 unspecified atom stereocenters. The first-order chi connectivity index (χ1) is 12.5. The number of aryl methyl sites for hydroxylation is 2. The molecule has 0 aliphatic rings. The van der Waals surface area contributed by atoms with Crippen LogP contribution in [-0.2, 0) is 0 Å². The number of rotatable bonds is 2. The second-order valence-corrected chi connectivity index (χ2v) is 5.60. The van der Waals surface area contributed by atoms with Gasteiger partial charge in [0.1, 0.15) is 5.82 Å². The minimum atomic E-state index is -2.21. The summed E-state index contributed by atoms with van der Waals surface area (Å²) >= 11 is 0. The van der Waals surface area contributed by atoms with E-state index in [1.165, 1.54) is 0 Å². The van der Waals surface area contributed by atoms with E-state index in [0.29, 0.717) is 11.3 Å². The molecule has 2 nitrogen and oxygen atoms in total. The molecule has 4 aromatic rings. The Balaban J connectivity index is 2.14. The number of benzene rings is 3. The van der Waals surface area contributed by atoms with Crippen molar-refractivity contribution in [2.75, 3.05) is 0 Å². The molecule has 0 fully saturated rings. The molecule has 0 atom stereocenters. The normalized spacial score (nSPS) is 13.5. The molecule has 1 heterocycles. The summed E-state index contributed by atoms with van der Waals surface area (Å²) in [7, 11) is 0. The first kappa shape index (κ1) is 10.8. The molecule has 112 valence electrons. The number of imidazole rings is 1. The second kappa shape index (κ2) is 5.40. The Morgan fingerprint density at radius 2 is 1.57 bits per heavy atom. The minimum absolute atomic E-state index is 0.331. The molecular weight excluding hydrogens is 280 g/mol. The van der Waals surface area contributed by atoms with Gasteiger partial charge in [0.2, 0.25) is 0 Å². The number of aromatic nitrogens is 2. The maximum absolute atomic E-state index is 8.00. The Kier molecular flexibility index (Phi) is 2.53. The summed E-state index contributed by atoms with van der Waals surface area (Å²) in [5, 5.41) is 0. The maximum Gasteiger partial charge on any atom is 0.145 e. The molecule has 0 saturated carbocycles. The maximum atomic E-state index is 8.00. The Morgan fingerprint density at radius 3 is 2.39 bits per heavy atom. The largest absolute Gasteiger partial charge is 0.292 e. The van der Waals surface area contributed by atoms with Crippen LogP contribution in [0.4, 0.5) is 0 Å². The SMILES string of the molecule is [2H]C([2H])([2H])c1cccc(C)c1-n1c(-c2ccccc2)nc2ccccc21. The highest BCUT2D eigenvalue weighted by Crippen LogP contribution is 2.31. The lowest BCUT2D eigenvalue weighted by molar-refractivity contribution is 1.06. The van der Waals surface area contributed by atoms with Gasteiger partial charge in [-0.05, 0) is 37.0 Å². The van der Waals surface area contributed by atoms with Crippen LogP contribution in [0.15, 0.2) is 72.8 Å². The van der Waals surface area contributed by atoms with Crippen molar-refractivity contribution in [2.24, 2.45) is 0 Å². The summed E-state index contributed by atoms with van der Waals surface area (Å²) < 4.78 is 26.0. The third kappa shape index (κ3) is 2.23. The molecule has 0 N–H and O–H groups in total. The standard InChI is InChI=1S/C21H18N2/c1-15-9-8-10-16(2)20(15)23-19-14-7-6-13-18(19)22-21(23)17-11-4-3-5-12-17/h3-14H,1-2H3/i1D3. The number of hydrogen-bond acceptors (Lipinski definition) is 1. The zero-order valence-electron chi connectivity index (χ0n) is 15.8. The Hall–Kier alpha value is -2.87. The quantitative estimate of drug-likeness (QED) is 0.490. The summed E-state index contributed by atoms with van der Waals surface area (Å²) in [5.41, 5.74) is 4.59. The number of fused-ring (bicyclic) bond motifs is 1. The summed E-state index contributed by atoms with van der Waals surface area (Å²) in [6, 6.07) is 23.1. The van der Waals surface area contributed by atoms with Gasteiger partial charge < -0.3 is 0 Å². The molecule has 4 rings (SSSR count). The van der Waals surface area contributed by atoms with Crippen LogP contribution in [-0.4, -0.2) is 9.55 Å². The molecule has 3 aromatic carbocycles. The third-order valence-corrected chi connectivity index (χ3v) is 4.05. The van der Waals surface area contributed by atoms with E-state index >= 15 is 0 Å². The van der Waals surface area contributed by atoms with Gasteiger partial charge in [0.25, 0.3) is 0 Å². The Labute approximate surface area is 140 Å². The fourth-order valence-corrected chi connectivity index (χ4v) is 2.99. The van der Waals surface area contributed by atoms with Crippen LogP contribution in [0, 0.1) is 13.8 Å². The van der Waals surface area contributed by atoms with Gasteiger partial charge in [0.15, 0.2) is 0 Å². The highest BCUT2D eigenvalue weighted by molar-refractivity contribution is 5.84. The molecule has 0 bridgehead atoms. The number of hydrogen-bond donors (Lipinski definition) is 0. The van der Waals surface area contributed by atoms with E-state index < -0.39 is 6.85 Å². The van der Waals surface area contributed by atoms with E-state index in [9.17, 15) is 0 Å². The predicted molar refractivity (Wildman–Crippen MR) is 96.0 cm³/mol. The highest BCUT2D eigenvalue weighted by atomic mass is 15.1. The fourth-order valence-electron chi connectivity index (χ4n) is 2.99. The van der Waals surface area contributed by atoms with Gasteiger partial charge in [0, 0.05) is 9.68 Å². The Morgan fingerprint density at radius 1 is 0.826 bits per heavy atom. The van der Waals surface area contributed by atoms with Gasteiger partial charge >= 0.3 is 0 Å². The molecule has 0 aliphatic heterocycles. The zero-order valence-corrected chi connectivity index (χ0v) is 12.8. The molecule has 1 aromatic heterocycles. The number of para-hydroxylation sites is 3. The average molecular weight is 301 g/mol. The van der Waals surface area contributed by atoms with Crippen molar-refractivity contribution in [3.05, 3.63) is 83.9 Å². The Bertz CT molecular complexity index is 1080. The van der Waals surface area contributed by atoms with Gasteiger partial charge in [-0.25, -0.2) is 4.98 Å². The first-order valence-corrected chi connectivity index (χ1v) is 7.60. The fraction of sp³-hybridized carbons (Fsp3) is 0.0952. The summed E-state index contributed by atoms with van der Waals surface area (Å²) in [6.45, 7) is -0.269. The van der Waals surface area contributed by atoms with Crippen LogP contribution in [0.5, 0.6) is 0 Å². The zero-order chi connectivity index (χ0) is 18.3. The van der Waals surface area contributed by atoms with Crippen LogP contribution in [0.2, 0.25) is 0 Å².